The summed E-state index contributed by atoms with van der Waals surface area (Å²) in [5.74, 6) is 2.89. The molecule has 4 heteroatoms. The maximum atomic E-state index is 12.0. The van der Waals surface area contributed by atoms with Gasteiger partial charge in [0.15, 0.2) is 0 Å². The van der Waals surface area contributed by atoms with Crippen molar-refractivity contribution in [3.05, 3.63) is 36.5 Å². The largest absolute Gasteiger partial charge is 0.491 e. The minimum atomic E-state index is 0.244. The highest BCUT2D eigenvalue weighted by Gasteiger charge is 2.50. The Hall–Kier alpha value is -2.10. The molecule has 23 heavy (non-hydrogen) atoms. The van der Waals surface area contributed by atoms with Gasteiger partial charge in [0.05, 0.1) is 6.61 Å². The number of hydrogen-bond donors (Lipinski definition) is 1. The fourth-order valence-electron chi connectivity index (χ4n) is 3.35. The lowest BCUT2D eigenvalue weighted by molar-refractivity contribution is -0.122. The van der Waals surface area contributed by atoms with Crippen molar-refractivity contribution >= 4 is 16.8 Å². The molecule has 0 saturated heterocycles. The average molecular weight is 310 g/mol. The van der Waals surface area contributed by atoms with Crippen molar-refractivity contribution in [1.29, 1.82) is 0 Å². The van der Waals surface area contributed by atoms with Gasteiger partial charge in [0.1, 0.15) is 11.3 Å². The fourth-order valence-corrected chi connectivity index (χ4v) is 3.35. The van der Waals surface area contributed by atoms with Crippen LogP contribution in [0.2, 0.25) is 0 Å². The number of aromatic nitrogens is 1. The van der Waals surface area contributed by atoms with E-state index in [2.05, 4.69) is 10.3 Å². The van der Waals surface area contributed by atoms with Crippen LogP contribution in [0, 0.1) is 17.8 Å². The second-order valence-electron chi connectivity index (χ2n) is 6.67. The number of hydrogen-bond acceptors (Lipinski definition) is 3. The SMILES string of the molecule is O=C(NCCCOc1cccc2cccnc12)[C@H]1C[C@@H]1C1CC1. The summed E-state index contributed by atoms with van der Waals surface area (Å²) in [4.78, 5) is 16.4. The topological polar surface area (TPSA) is 51.2 Å². The number of para-hydroxylation sites is 1. The number of pyridine rings is 1. The van der Waals surface area contributed by atoms with Crippen LogP contribution in [-0.2, 0) is 4.79 Å². The molecule has 2 fully saturated rings. The Kier molecular flexibility index (Phi) is 3.90. The predicted octanol–water partition coefficient (Wildman–Crippen LogP) is 3.17. The Balaban J connectivity index is 1.20. The molecule has 120 valence electrons. The molecule has 4 rings (SSSR count). The summed E-state index contributed by atoms with van der Waals surface area (Å²) in [5.41, 5.74) is 0.893. The second-order valence-corrected chi connectivity index (χ2v) is 6.67. The van der Waals surface area contributed by atoms with E-state index < -0.39 is 0 Å². The third-order valence-corrected chi connectivity index (χ3v) is 4.88. The lowest BCUT2D eigenvalue weighted by atomic mass is 10.2. The Morgan fingerprint density at radius 1 is 1.26 bits per heavy atom. The number of nitrogens with zero attached hydrogens (tertiary/aromatic N) is 1. The molecule has 0 aliphatic heterocycles. The molecule has 2 aliphatic carbocycles. The van der Waals surface area contributed by atoms with E-state index in [1.165, 1.54) is 12.8 Å². The molecule has 1 amide bonds. The minimum absolute atomic E-state index is 0.244. The van der Waals surface area contributed by atoms with Gasteiger partial charge < -0.3 is 10.1 Å². The van der Waals surface area contributed by atoms with E-state index in [0.717, 1.165) is 35.4 Å². The summed E-state index contributed by atoms with van der Waals surface area (Å²) in [6.07, 6.45) is 6.37. The zero-order valence-electron chi connectivity index (χ0n) is 13.2. The summed E-state index contributed by atoms with van der Waals surface area (Å²) < 4.78 is 5.83. The number of fused-ring (bicyclic) bond motifs is 1. The van der Waals surface area contributed by atoms with E-state index in [0.29, 0.717) is 25.0 Å². The van der Waals surface area contributed by atoms with Gasteiger partial charge in [-0.3, -0.25) is 9.78 Å². The van der Waals surface area contributed by atoms with Crippen LogP contribution >= 0.6 is 0 Å². The first-order valence-electron chi connectivity index (χ1n) is 8.57. The Morgan fingerprint density at radius 3 is 3.00 bits per heavy atom. The highest BCUT2D eigenvalue weighted by molar-refractivity contribution is 5.84. The van der Waals surface area contributed by atoms with Crippen LogP contribution in [0.4, 0.5) is 0 Å². The monoisotopic (exact) mass is 310 g/mol. The smallest absolute Gasteiger partial charge is 0.223 e. The second kappa shape index (κ2) is 6.19. The number of rotatable bonds is 7. The van der Waals surface area contributed by atoms with E-state index in [9.17, 15) is 4.79 Å². The normalized spacial score (nSPS) is 22.8. The van der Waals surface area contributed by atoms with Crippen LogP contribution in [0.5, 0.6) is 5.75 Å². The van der Waals surface area contributed by atoms with E-state index >= 15 is 0 Å². The molecular weight excluding hydrogens is 288 g/mol. The summed E-state index contributed by atoms with van der Waals surface area (Å²) >= 11 is 0. The first-order valence-corrected chi connectivity index (χ1v) is 8.57. The van der Waals surface area contributed by atoms with E-state index in [1.807, 2.05) is 30.3 Å². The van der Waals surface area contributed by atoms with Gasteiger partial charge >= 0.3 is 0 Å². The van der Waals surface area contributed by atoms with E-state index in [1.54, 1.807) is 6.20 Å². The Labute approximate surface area is 136 Å². The Bertz CT molecular complexity index is 706. The minimum Gasteiger partial charge on any atom is -0.491 e. The molecule has 1 heterocycles. The lowest BCUT2D eigenvalue weighted by Crippen LogP contribution is -2.27. The van der Waals surface area contributed by atoms with Crippen LogP contribution in [-0.4, -0.2) is 24.0 Å². The van der Waals surface area contributed by atoms with Crippen molar-refractivity contribution < 1.29 is 9.53 Å². The number of amides is 1. The van der Waals surface area contributed by atoms with E-state index in [4.69, 9.17) is 4.74 Å². The number of carbonyl (C=O) groups excluding carboxylic acids is 1. The van der Waals surface area contributed by atoms with Gasteiger partial charge in [-0.05, 0) is 49.7 Å². The molecule has 2 aromatic rings. The molecule has 1 aromatic heterocycles. The maximum Gasteiger partial charge on any atom is 0.223 e. The van der Waals surface area contributed by atoms with Crippen LogP contribution in [0.3, 0.4) is 0 Å². The number of benzene rings is 1. The van der Waals surface area contributed by atoms with Gasteiger partial charge in [-0.2, -0.15) is 0 Å². The summed E-state index contributed by atoms with van der Waals surface area (Å²) in [6.45, 7) is 1.28. The van der Waals surface area contributed by atoms with Crippen molar-refractivity contribution in [2.75, 3.05) is 13.2 Å². The summed E-state index contributed by atoms with van der Waals surface area (Å²) in [6, 6.07) is 9.90. The molecule has 0 bridgehead atoms. The highest BCUT2D eigenvalue weighted by atomic mass is 16.5. The van der Waals surface area contributed by atoms with Crippen LogP contribution < -0.4 is 10.1 Å². The molecule has 2 aliphatic rings. The number of nitrogens with one attached hydrogen (secondary N) is 1. The maximum absolute atomic E-state index is 12.0. The molecular formula is C19H22N2O2. The third kappa shape index (κ3) is 3.31. The Morgan fingerprint density at radius 2 is 2.13 bits per heavy atom. The zero-order valence-corrected chi connectivity index (χ0v) is 13.2. The quantitative estimate of drug-likeness (QED) is 0.799. The zero-order chi connectivity index (χ0) is 15.6. The van der Waals surface area contributed by atoms with Gasteiger partial charge in [-0.25, -0.2) is 0 Å². The van der Waals surface area contributed by atoms with Crippen molar-refractivity contribution in [3.8, 4) is 5.75 Å². The van der Waals surface area contributed by atoms with Crippen LogP contribution in [0.1, 0.15) is 25.7 Å². The summed E-state index contributed by atoms with van der Waals surface area (Å²) in [5, 5.41) is 4.13. The molecule has 2 saturated carbocycles. The number of carbonyl (C=O) groups is 1. The highest BCUT2D eigenvalue weighted by Crippen LogP contribution is 2.54. The van der Waals surface area contributed by atoms with Crippen molar-refractivity contribution in [1.82, 2.24) is 10.3 Å². The molecule has 2 atom stereocenters. The van der Waals surface area contributed by atoms with Crippen molar-refractivity contribution in [2.24, 2.45) is 17.8 Å². The lowest BCUT2D eigenvalue weighted by Gasteiger charge is -2.09. The van der Waals surface area contributed by atoms with Gasteiger partial charge in [0, 0.05) is 24.0 Å². The van der Waals surface area contributed by atoms with Gasteiger partial charge in [-0.15, -0.1) is 0 Å². The standard InChI is InChI=1S/C19H22N2O2/c22-19(16-12-15(16)13-7-8-13)21-10-3-11-23-17-6-1-4-14-5-2-9-20-18(14)17/h1-2,4-6,9,13,15-16H,3,7-8,10-12H2,(H,21,22)/t15-,16+/m1/s1. The first kappa shape index (κ1) is 14.5. The van der Waals surface area contributed by atoms with Gasteiger partial charge in [-0.1, -0.05) is 18.2 Å². The average Bonchev–Trinajstić information content (AvgIpc) is 3.46. The van der Waals surface area contributed by atoms with Crippen molar-refractivity contribution in [3.63, 3.8) is 0 Å². The van der Waals surface area contributed by atoms with Gasteiger partial charge in [0.25, 0.3) is 0 Å². The third-order valence-electron chi connectivity index (χ3n) is 4.88. The molecule has 1 aromatic carbocycles. The van der Waals surface area contributed by atoms with E-state index in [-0.39, 0.29) is 5.91 Å². The van der Waals surface area contributed by atoms with Crippen molar-refractivity contribution in [2.45, 2.75) is 25.7 Å². The van der Waals surface area contributed by atoms with Crippen LogP contribution in [0.15, 0.2) is 36.5 Å². The molecule has 0 unspecified atom stereocenters. The summed E-state index contributed by atoms with van der Waals surface area (Å²) in [7, 11) is 0. The molecule has 0 radical (unpaired) electrons. The molecule has 0 spiro atoms. The molecule has 4 nitrogen and oxygen atoms in total. The van der Waals surface area contributed by atoms with Crippen LogP contribution in [0.25, 0.3) is 10.9 Å². The first-order chi connectivity index (χ1) is 11.3. The number of ether oxygens (including phenoxy) is 1. The fraction of sp³-hybridized carbons (Fsp3) is 0.474. The van der Waals surface area contributed by atoms with Gasteiger partial charge in [0.2, 0.25) is 5.91 Å². The molecule has 1 N–H and O–H groups in total. The predicted molar refractivity (Wildman–Crippen MR) is 89.2 cm³/mol.